The molecule has 3 rings (SSSR count). The predicted octanol–water partition coefficient (Wildman–Crippen LogP) is 2.12. The largest absolute Gasteiger partial charge is 0.396 e. The molecular formula is C16H24N2O2S. The maximum Gasteiger partial charge on any atom is 0.237 e. The fourth-order valence-electron chi connectivity index (χ4n) is 3.60. The molecule has 4 nitrogen and oxygen atoms in total. The molecule has 1 aromatic rings. The maximum atomic E-state index is 12.6. The van der Waals surface area contributed by atoms with Crippen LogP contribution in [0, 0.1) is 5.92 Å². The van der Waals surface area contributed by atoms with Crippen molar-refractivity contribution >= 4 is 17.2 Å². The van der Waals surface area contributed by atoms with E-state index >= 15 is 0 Å². The van der Waals surface area contributed by atoms with E-state index in [9.17, 15) is 4.79 Å². The number of aliphatic hydroxyl groups is 1. The number of thiophene rings is 1. The van der Waals surface area contributed by atoms with Gasteiger partial charge in [0.15, 0.2) is 0 Å². The van der Waals surface area contributed by atoms with Gasteiger partial charge in [-0.3, -0.25) is 9.69 Å². The van der Waals surface area contributed by atoms with Crippen LogP contribution in [-0.4, -0.2) is 53.6 Å². The zero-order valence-electron chi connectivity index (χ0n) is 12.4. The van der Waals surface area contributed by atoms with Gasteiger partial charge in [-0.2, -0.15) is 0 Å². The normalized spacial score (nSPS) is 26.6. The molecule has 0 aromatic carbocycles. The van der Waals surface area contributed by atoms with Gasteiger partial charge in [-0.15, -0.1) is 11.3 Å². The number of aliphatic hydroxyl groups excluding tert-OH is 1. The molecular weight excluding hydrogens is 284 g/mol. The maximum absolute atomic E-state index is 12.6. The van der Waals surface area contributed by atoms with E-state index in [-0.39, 0.29) is 12.5 Å². The van der Waals surface area contributed by atoms with Gasteiger partial charge in [0, 0.05) is 24.6 Å². The van der Waals surface area contributed by atoms with Crippen molar-refractivity contribution in [3.63, 3.8) is 0 Å². The Morgan fingerprint density at radius 1 is 1.38 bits per heavy atom. The molecule has 1 N–H and O–H groups in total. The summed E-state index contributed by atoms with van der Waals surface area (Å²) in [6, 6.07) is 4.52. The summed E-state index contributed by atoms with van der Waals surface area (Å²) in [5.74, 6) is 0.838. The van der Waals surface area contributed by atoms with Gasteiger partial charge in [-0.25, -0.2) is 0 Å². The highest BCUT2D eigenvalue weighted by molar-refractivity contribution is 7.10. The zero-order valence-corrected chi connectivity index (χ0v) is 13.2. The molecule has 2 aliphatic heterocycles. The Labute approximate surface area is 130 Å². The number of carbonyl (C=O) groups excluding carboxylic acids is 1. The summed E-state index contributed by atoms with van der Waals surface area (Å²) in [5.41, 5.74) is 0. The van der Waals surface area contributed by atoms with Crippen molar-refractivity contribution in [1.29, 1.82) is 0 Å². The second kappa shape index (κ2) is 6.90. The second-order valence-corrected chi connectivity index (χ2v) is 7.14. The minimum Gasteiger partial charge on any atom is -0.396 e. The molecule has 21 heavy (non-hydrogen) atoms. The Morgan fingerprint density at radius 3 is 3.05 bits per heavy atom. The molecule has 2 atom stereocenters. The number of hydrogen-bond acceptors (Lipinski definition) is 4. The van der Waals surface area contributed by atoms with Crippen LogP contribution in [0.5, 0.6) is 0 Å². The third-order valence-corrected chi connectivity index (χ3v) is 5.68. The quantitative estimate of drug-likeness (QED) is 0.906. The van der Waals surface area contributed by atoms with Gasteiger partial charge in [-0.05, 0) is 49.6 Å². The van der Waals surface area contributed by atoms with E-state index in [0.717, 1.165) is 45.3 Å². The van der Waals surface area contributed by atoms with Crippen LogP contribution in [-0.2, 0) is 4.79 Å². The standard InChI is InChI=1S/C16H24N2O2S/c19-9-6-13-5-8-17(11-13)12-16(20)18-7-1-3-14(18)15-4-2-10-21-15/h2,4,10,13-14,19H,1,3,5-9,11-12H2. The lowest BCUT2D eigenvalue weighted by atomic mass is 10.1. The first kappa shape index (κ1) is 15.0. The van der Waals surface area contributed by atoms with Crippen LogP contribution in [0.1, 0.15) is 36.6 Å². The molecule has 2 aliphatic rings. The van der Waals surface area contributed by atoms with E-state index < -0.39 is 0 Å². The molecule has 0 saturated carbocycles. The lowest BCUT2D eigenvalue weighted by Crippen LogP contribution is -2.39. The minimum absolute atomic E-state index is 0.263. The SMILES string of the molecule is O=C(CN1CCC(CCO)C1)N1CCCC1c1cccs1. The van der Waals surface area contributed by atoms with E-state index in [0.29, 0.717) is 18.5 Å². The van der Waals surface area contributed by atoms with Crippen molar-refractivity contribution in [2.45, 2.75) is 31.7 Å². The summed E-state index contributed by atoms with van der Waals surface area (Å²) in [5, 5.41) is 11.1. The first-order valence-electron chi connectivity index (χ1n) is 7.94. The van der Waals surface area contributed by atoms with Crippen LogP contribution in [0.2, 0.25) is 0 Å². The Kier molecular flexibility index (Phi) is 4.93. The highest BCUT2D eigenvalue weighted by atomic mass is 32.1. The van der Waals surface area contributed by atoms with Gasteiger partial charge in [0.05, 0.1) is 12.6 Å². The van der Waals surface area contributed by atoms with E-state index in [1.165, 1.54) is 4.88 Å². The van der Waals surface area contributed by atoms with Crippen molar-refractivity contribution in [2.75, 3.05) is 32.8 Å². The molecule has 0 spiro atoms. The summed E-state index contributed by atoms with van der Waals surface area (Å²) in [4.78, 5) is 18.3. The van der Waals surface area contributed by atoms with Crippen LogP contribution in [0.4, 0.5) is 0 Å². The van der Waals surface area contributed by atoms with Crippen LogP contribution in [0.15, 0.2) is 17.5 Å². The average Bonchev–Trinajstić information content (AvgIpc) is 3.20. The number of hydrogen-bond donors (Lipinski definition) is 1. The lowest BCUT2D eigenvalue weighted by molar-refractivity contribution is -0.133. The fourth-order valence-corrected chi connectivity index (χ4v) is 4.47. The van der Waals surface area contributed by atoms with Crippen molar-refractivity contribution in [3.05, 3.63) is 22.4 Å². The number of rotatable bonds is 5. The van der Waals surface area contributed by atoms with E-state index in [1.54, 1.807) is 11.3 Å². The van der Waals surface area contributed by atoms with E-state index in [1.807, 2.05) is 0 Å². The Bertz CT molecular complexity index is 463. The molecule has 2 saturated heterocycles. The van der Waals surface area contributed by atoms with Crippen LogP contribution in [0.25, 0.3) is 0 Å². The van der Waals surface area contributed by atoms with Gasteiger partial charge in [0.2, 0.25) is 5.91 Å². The van der Waals surface area contributed by atoms with Crippen LogP contribution in [0.3, 0.4) is 0 Å². The molecule has 1 aromatic heterocycles. The molecule has 5 heteroatoms. The number of likely N-dealkylation sites (tertiary alicyclic amines) is 2. The minimum atomic E-state index is 0.263. The van der Waals surface area contributed by atoms with Crippen molar-refractivity contribution in [3.8, 4) is 0 Å². The Hall–Kier alpha value is -0.910. The van der Waals surface area contributed by atoms with Gasteiger partial charge in [-0.1, -0.05) is 6.07 Å². The average molecular weight is 308 g/mol. The van der Waals surface area contributed by atoms with Crippen LogP contribution < -0.4 is 0 Å². The predicted molar refractivity (Wildman–Crippen MR) is 84.3 cm³/mol. The van der Waals surface area contributed by atoms with Crippen molar-refractivity contribution < 1.29 is 9.90 Å². The molecule has 2 fully saturated rings. The van der Waals surface area contributed by atoms with Crippen molar-refractivity contribution in [2.24, 2.45) is 5.92 Å². The van der Waals surface area contributed by atoms with E-state index in [4.69, 9.17) is 5.11 Å². The third kappa shape index (κ3) is 3.47. The molecule has 2 unspecified atom stereocenters. The Balaban J connectivity index is 1.55. The van der Waals surface area contributed by atoms with Gasteiger partial charge >= 0.3 is 0 Å². The van der Waals surface area contributed by atoms with E-state index in [2.05, 4.69) is 27.3 Å². The smallest absolute Gasteiger partial charge is 0.237 e. The third-order valence-electron chi connectivity index (χ3n) is 4.71. The highest BCUT2D eigenvalue weighted by Crippen LogP contribution is 2.34. The zero-order chi connectivity index (χ0) is 14.7. The van der Waals surface area contributed by atoms with Crippen LogP contribution >= 0.6 is 11.3 Å². The molecule has 0 aliphatic carbocycles. The second-order valence-electron chi connectivity index (χ2n) is 6.16. The molecule has 0 bridgehead atoms. The molecule has 3 heterocycles. The lowest BCUT2D eigenvalue weighted by Gasteiger charge is -2.26. The summed E-state index contributed by atoms with van der Waals surface area (Å²) in [7, 11) is 0. The number of nitrogens with zero attached hydrogens (tertiary/aromatic N) is 2. The monoisotopic (exact) mass is 308 g/mol. The fraction of sp³-hybridized carbons (Fsp3) is 0.688. The van der Waals surface area contributed by atoms with Gasteiger partial charge in [0.25, 0.3) is 0 Å². The van der Waals surface area contributed by atoms with Gasteiger partial charge in [0.1, 0.15) is 0 Å². The van der Waals surface area contributed by atoms with Gasteiger partial charge < -0.3 is 10.0 Å². The molecule has 116 valence electrons. The first-order chi connectivity index (χ1) is 10.3. The Morgan fingerprint density at radius 2 is 2.29 bits per heavy atom. The topological polar surface area (TPSA) is 43.8 Å². The molecule has 0 radical (unpaired) electrons. The first-order valence-corrected chi connectivity index (χ1v) is 8.82. The summed E-state index contributed by atoms with van der Waals surface area (Å²) >= 11 is 1.76. The molecule has 1 amide bonds. The highest BCUT2D eigenvalue weighted by Gasteiger charge is 2.32. The number of carbonyl (C=O) groups is 1. The van der Waals surface area contributed by atoms with Crippen molar-refractivity contribution in [1.82, 2.24) is 9.80 Å². The summed E-state index contributed by atoms with van der Waals surface area (Å²) in [6.07, 6.45) is 4.19. The summed E-state index contributed by atoms with van der Waals surface area (Å²) in [6.45, 7) is 3.66. The number of amides is 1. The summed E-state index contributed by atoms with van der Waals surface area (Å²) < 4.78 is 0.